The Labute approximate surface area is 126 Å². The van der Waals surface area contributed by atoms with E-state index in [0.29, 0.717) is 5.25 Å². The molecule has 0 saturated heterocycles. The Morgan fingerprint density at radius 2 is 1.90 bits per heavy atom. The van der Waals surface area contributed by atoms with Gasteiger partial charge in [-0.05, 0) is 39.8 Å². The van der Waals surface area contributed by atoms with Crippen molar-refractivity contribution in [1.82, 2.24) is 5.32 Å². The Balaban J connectivity index is 2.59. The lowest BCUT2D eigenvalue weighted by Crippen LogP contribution is -2.52. The molecule has 0 spiro atoms. The molecule has 0 heterocycles. The van der Waals surface area contributed by atoms with Crippen LogP contribution in [0.1, 0.15) is 37.0 Å². The van der Waals surface area contributed by atoms with Crippen molar-refractivity contribution in [3.8, 4) is 0 Å². The van der Waals surface area contributed by atoms with Gasteiger partial charge in [0, 0.05) is 11.0 Å². The van der Waals surface area contributed by atoms with Gasteiger partial charge in [-0.3, -0.25) is 4.79 Å². The summed E-state index contributed by atoms with van der Waals surface area (Å²) in [4.78, 5) is 11.5. The highest BCUT2D eigenvalue weighted by molar-refractivity contribution is 7.99. The van der Waals surface area contributed by atoms with E-state index in [-0.39, 0.29) is 5.91 Å². The standard InChI is InChI=1S/C16H26N2OS/c1-11-6-12(2)8-14(7-11)10-20-13(3)9-16(4,18-5)15(17)19/h6-8,13,18H,9-10H2,1-5H3,(H2,17,19). The first-order valence-corrected chi connectivity index (χ1v) is 7.99. The van der Waals surface area contributed by atoms with Gasteiger partial charge in [0.25, 0.3) is 0 Å². The molecule has 20 heavy (non-hydrogen) atoms. The van der Waals surface area contributed by atoms with Crippen molar-refractivity contribution in [3.05, 3.63) is 34.9 Å². The van der Waals surface area contributed by atoms with Crippen LogP contribution in [0.4, 0.5) is 0 Å². The maximum absolute atomic E-state index is 11.5. The van der Waals surface area contributed by atoms with Gasteiger partial charge < -0.3 is 11.1 Å². The number of nitrogens with two attached hydrogens (primary N) is 1. The highest BCUT2D eigenvalue weighted by Crippen LogP contribution is 2.25. The van der Waals surface area contributed by atoms with Crippen molar-refractivity contribution in [2.24, 2.45) is 5.73 Å². The number of primary amides is 1. The number of rotatable bonds is 7. The van der Waals surface area contributed by atoms with E-state index in [2.05, 4.69) is 44.3 Å². The third kappa shape index (κ3) is 4.84. The quantitative estimate of drug-likeness (QED) is 0.813. The SMILES string of the molecule is CNC(C)(CC(C)SCc1cc(C)cc(C)c1)C(N)=O. The monoisotopic (exact) mass is 294 g/mol. The number of amides is 1. The topological polar surface area (TPSA) is 55.1 Å². The molecule has 4 heteroatoms. The lowest BCUT2D eigenvalue weighted by molar-refractivity contribution is -0.123. The lowest BCUT2D eigenvalue weighted by atomic mass is 9.95. The third-order valence-corrected chi connectivity index (χ3v) is 4.84. The van der Waals surface area contributed by atoms with Crippen LogP contribution in [-0.2, 0) is 10.5 Å². The molecule has 112 valence electrons. The molecule has 0 fully saturated rings. The van der Waals surface area contributed by atoms with Gasteiger partial charge >= 0.3 is 0 Å². The van der Waals surface area contributed by atoms with Gasteiger partial charge in [-0.25, -0.2) is 0 Å². The molecule has 1 amide bonds. The van der Waals surface area contributed by atoms with Gasteiger partial charge in [-0.1, -0.05) is 36.2 Å². The van der Waals surface area contributed by atoms with Crippen LogP contribution in [0.5, 0.6) is 0 Å². The molecule has 0 radical (unpaired) electrons. The van der Waals surface area contributed by atoms with Gasteiger partial charge in [-0.2, -0.15) is 11.8 Å². The molecule has 1 aromatic rings. The zero-order valence-corrected chi connectivity index (χ0v) is 13.9. The number of aryl methyl sites for hydroxylation is 2. The number of thioether (sulfide) groups is 1. The fourth-order valence-electron chi connectivity index (χ4n) is 2.35. The van der Waals surface area contributed by atoms with Crippen LogP contribution in [0, 0.1) is 13.8 Å². The summed E-state index contributed by atoms with van der Waals surface area (Å²) in [5.41, 5.74) is 8.77. The Morgan fingerprint density at radius 1 is 1.35 bits per heavy atom. The summed E-state index contributed by atoms with van der Waals surface area (Å²) >= 11 is 1.86. The van der Waals surface area contributed by atoms with Crippen molar-refractivity contribution < 1.29 is 4.79 Å². The van der Waals surface area contributed by atoms with E-state index in [1.54, 1.807) is 7.05 Å². The minimum absolute atomic E-state index is 0.293. The molecular formula is C16H26N2OS. The number of likely N-dealkylation sites (N-methyl/N-ethyl adjacent to an activating group) is 1. The van der Waals surface area contributed by atoms with Crippen LogP contribution in [0.2, 0.25) is 0 Å². The Hall–Kier alpha value is -1.00. The number of benzene rings is 1. The Morgan fingerprint density at radius 3 is 2.35 bits per heavy atom. The molecule has 0 aliphatic rings. The Kier molecular flexibility index (Phi) is 6.08. The summed E-state index contributed by atoms with van der Waals surface area (Å²) in [7, 11) is 1.78. The maximum Gasteiger partial charge on any atom is 0.237 e. The maximum atomic E-state index is 11.5. The van der Waals surface area contributed by atoms with Crippen LogP contribution in [0.3, 0.4) is 0 Å². The summed E-state index contributed by atoms with van der Waals surface area (Å²) in [6.07, 6.45) is 0.730. The second-order valence-electron chi connectivity index (χ2n) is 5.77. The number of carbonyl (C=O) groups is 1. The van der Waals surface area contributed by atoms with Crippen molar-refractivity contribution in [2.45, 2.75) is 50.7 Å². The van der Waals surface area contributed by atoms with Crippen molar-refractivity contribution in [3.63, 3.8) is 0 Å². The molecule has 3 N–H and O–H groups in total. The minimum Gasteiger partial charge on any atom is -0.368 e. The molecule has 0 saturated carbocycles. The van der Waals surface area contributed by atoms with Crippen molar-refractivity contribution >= 4 is 17.7 Å². The van der Waals surface area contributed by atoms with E-state index in [4.69, 9.17) is 5.73 Å². The summed E-state index contributed by atoms with van der Waals surface area (Å²) in [5.74, 6) is 0.668. The van der Waals surface area contributed by atoms with Crippen molar-refractivity contribution in [2.75, 3.05) is 7.05 Å². The summed E-state index contributed by atoms with van der Waals surface area (Å²) in [6, 6.07) is 6.62. The van der Waals surface area contributed by atoms with Crippen LogP contribution >= 0.6 is 11.8 Å². The average molecular weight is 294 g/mol. The van der Waals surface area contributed by atoms with E-state index < -0.39 is 5.54 Å². The first kappa shape index (κ1) is 17.1. The predicted molar refractivity (Wildman–Crippen MR) is 87.9 cm³/mol. The predicted octanol–water partition coefficient (Wildman–Crippen LogP) is 2.78. The molecule has 0 bridgehead atoms. The van der Waals surface area contributed by atoms with Gasteiger partial charge in [0.15, 0.2) is 0 Å². The largest absolute Gasteiger partial charge is 0.368 e. The zero-order chi connectivity index (χ0) is 15.3. The number of hydrogen-bond acceptors (Lipinski definition) is 3. The number of nitrogens with one attached hydrogen (secondary N) is 1. The molecule has 2 atom stereocenters. The first-order chi connectivity index (χ1) is 9.26. The molecule has 2 unspecified atom stereocenters. The molecular weight excluding hydrogens is 268 g/mol. The first-order valence-electron chi connectivity index (χ1n) is 6.94. The summed E-state index contributed by atoms with van der Waals surface area (Å²) in [5, 5.41) is 3.40. The van der Waals surface area contributed by atoms with Gasteiger partial charge in [0.1, 0.15) is 0 Å². The third-order valence-electron chi connectivity index (χ3n) is 3.61. The fraction of sp³-hybridized carbons (Fsp3) is 0.562. The van der Waals surface area contributed by atoms with Crippen LogP contribution in [-0.4, -0.2) is 23.7 Å². The summed E-state index contributed by atoms with van der Waals surface area (Å²) < 4.78 is 0. The fourth-order valence-corrected chi connectivity index (χ4v) is 3.45. The van der Waals surface area contributed by atoms with E-state index in [1.165, 1.54) is 16.7 Å². The molecule has 0 aliphatic carbocycles. The van der Waals surface area contributed by atoms with Crippen LogP contribution in [0.15, 0.2) is 18.2 Å². The molecule has 1 rings (SSSR count). The number of carbonyl (C=O) groups excluding carboxylic acids is 1. The minimum atomic E-state index is -0.630. The van der Waals surface area contributed by atoms with E-state index in [0.717, 1.165) is 12.2 Å². The molecule has 3 nitrogen and oxygen atoms in total. The van der Waals surface area contributed by atoms with Crippen LogP contribution in [0.25, 0.3) is 0 Å². The van der Waals surface area contributed by atoms with E-state index in [9.17, 15) is 4.79 Å². The van der Waals surface area contributed by atoms with Crippen LogP contribution < -0.4 is 11.1 Å². The van der Waals surface area contributed by atoms with Crippen molar-refractivity contribution in [1.29, 1.82) is 0 Å². The lowest BCUT2D eigenvalue weighted by Gasteiger charge is -2.28. The second kappa shape index (κ2) is 7.14. The average Bonchev–Trinajstić information content (AvgIpc) is 2.35. The Bertz CT molecular complexity index is 455. The highest BCUT2D eigenvalue weighted by Gasteiger charge is 2.30. The number of hydrogen-bond donors (Lipinski definition) is 2. The zero-order valence-electron chi connectivity index (χ0n) is 13.1. The smallest absolute Gasteiger partial charge is 0.237 e. The van der Waals surface area contributed by atoms with E-state index in [1.807, 2.05) is 18.7 Å². The normalized spacial score (nSPS) is 15.7. The molecule has 0 aromatic heterocycles. The van der Waals surface area contributed by atoms with Gasteiger partial charge in [0.2, 0.25) is 5.91 Å². The van der Waals surface area contributed by atoms with Gasteiger partial charge in [0.05, 0.1) is 5.54 Å². The summed E-state index contributed by atoms with van der Waals surface area (Å²) in [6.45, 7) is 8.25. The van der Waals surface area contributed by atoms with E-state index >= 15 is 0 Å². The highest BCUT2D eigenvalue weighted by atomic mass is 32.2. The van der Waals surface area contributed by atoms with Gasteiger partial charge in [-0.15, -0.1) is 0 Å². The second-order valence-corrected chi connectivity index (χ2v) is 7.19. The molecule has 0 aliphatic heterocycles. The molecule has 1 aromatic carbocycles.